The zero-order chi connectivity index (χ0) is 19.6. The molecule has 1 aromatic heterocycles. The number of amides is 1. The van der Waals surface area contributed by atoms with Crippen LogP contribution in [0.1, 0.15) is 17.0 Å². The number of hydrogen-bond acceptors (Lipinski definition) is 3. The maximum absolute atomic E-state index is 12.9. The van der Waals surface area contributed by atoms with E-state index in [0.717, 1.165) is 4.68 Å². The second-order valence-corrected chi connectivity index (χ2v) is 6.12. The summed E-state index contributed by atoms with van der Waals surface area (Å²) in [5.41, 5.74) is -0.407. The number of rotatable bonds is 5. The first-order valence-electron chi connectivity index (χ1n) is 7.14. The Bertz CT molecular complexity index is 820. The molecule has 0 bridgehead atoms. The molecule has 0 aliphatic rings. The Morgan fingerprint density at radius 2 is 2.00 bits per heavy atom. The maximum atomic E-state index is 12.9. The Balaban J connectivity index is 2.21. The van der Waals surface area contributed by atoms with Crippen molar-refractivity contribution in [3.63, 3.8) is 0 Å². The average Bonchev–Trinajstić information content (AvgIpc) is 2.78. The van der Waals surface area contributed by atoms with Crippen LogP contribution < -0.4 is 10.1 Å². The highest BCUT2D eigenvalue weighted by molar-refractivity contribution is 9.10. The molecule has 0 spiro atoms. The minimum atomic E-state index is -4.68. The van der Waals surface area contributed by atoms with E-state index >= 15 is 0 Å². The number of ether oxygens (including phenoxy) is 1. The molecule has 0 radical (unpaired) electrons. The van der Waals surface area contributed by atoms with Gasteiger partial charge in [-0.05, 0) is 47.5 Å². The summed E-state index contributed by atoms with van der Waals surface area (Å²) in [6.07, 6.45) is -4.68. The largest absolute Gasteiger partial charge is 0.436 e. The summed E-state index contributed by atoms with van der Waals surface area (Å²) >= 11 is 2.80. The highest BCUT2D eigenvalue weighted by atomic mass is 79.9. The van der Waals surface area contributed by atoms with E-state index in [1.807, 2.05) is 0 Å². The summed E-state index contributed by atoms with van der Waals surface area (Å²) in [6, 6.07) is 4.18. The maximum Gasteiger partial charge on any atom is 0.436 e. The number of carbonyl (C=O) groups is 1. The first-order chi connectivity index (χ1) is 12.0. The summed E-state index contributed by atoms with van der Waals surface area (Å²) in [7, 11) is 0. The van der Waals surface area contributed by atoms with Crippen molar-refractivity contribution in [3.8, 4) is 5.75 Å². The zero-order valence-electron chi connectivity index (χ0n) is 13.5. The van der Waals surface area contributed by atoms with E-state index in [-0.39, 0.29) is 21.6 Å². The van der Waals surface area contributed by atoms with Crippen molar-refractivity contribution in [2.75, 3.05) is 5.32 Å². The van der Waals surface area contributed by atoms with Crippen molar-refractivity contribution in [2.24, 2.45) is 0 Å². The fourth-order valence-corrected chi connectivity index (χ4v) is 2.63. The summed E-state index contributed by atoms with van der Waals surface area (Å²) < 4.78 is 68.3. The smallest absolute Gasteiger partial charge is 0.433 e. The van der Waals surface area contributed by atoms with Gasteiger partial charge >= 0.3 is 12.8 Å². The molecular weight excluding hydrogens is 429 g/mol. The lowest BCUT2D eigenvalue weighted by Crippen LogP contribution is -2.21. The lowest BCUT2D eigenvalue weighted by molar-refractivity contribution is -0.142. The fraction of sp³-hybridized carbons (Fsp3) is 0.333. The van der Waals surface area contributed by atoms with Gasteiger partial charge in [0.25, 0.3) is 0 Å². The van der Waals surface area contributed by atoms with Crippen LogP contribution in [0.5, 0.6) is 5.75 Å². The molecule has 2 rings (SSSR count). The van der Waals surface area contributed by atoms with E-state index in [1.54, 1.807) is 6.92 Å². The normalized spacial score (nSPS) is 11.7. The average molecular weight is 442 g/mol. The highest BCUT2D eigenvalue weighted by Gasteiger charge is 2.38. The van der Waals surface area contributed by atoms with Gasteiger partial charge in [0.1, 0.15) is 12.3 Å². The van der Waals surface area contributed by atoms with Gasteiger partial charge in [-0.1, -0.05) is 6.07 Å². The molecule has 0 fully saturated rings. The van der Waals surface area contributed by atoms with E-state index in [0.29, 0.717) is 5.56 Å². The van der Waals surface area contributed by atoms with E-state index in [9.17, 15) is 26.7 Å². The monoisotopic (exact) mass is 441 g/mol. The molecule has 1 aromatic carbocycles. The first-order valence-corrected chi connectivity index (χ1v) is 7.93. The zero-order valence-corrected chi connectivity index (χ0v) is 15.1. The first kappa shape index (κ1) is 20.1. The van der Waals surface area contributed by atoms with Gasteiger partial charge in [0.15, 0.2) is 5.69 Å². The molecule has 2 aromatic rings. The van der Waals surface area contributed by atoms with Gasteiger partial charge in [-0.15, -0.1) is 0 Å². The number of nitrogens with one attached hydrogen (secondary N) is 1. The van der Waals surface area contributed by atoms with Crippen molar-refractivity contribution >= 4 is 27.5 Å². The van der Waals surface area contributed by atoms with Crippen LogP contribution in [-0.2, 0) is 17.5 Å². The molecule has 1 N–H and O–H groups in total. The van der Waals surface area contributed by atoms with Crippen LogP contribution in [0.3, 0.4) is 0 Å². The number of benzene rings is 1. The quantitative estimate of drug-likeness (QED) is 0.693. The molecule has 0 atom stereocenters. The number of carbonyl (C=O) groups excluding carboxylic acids is 1. The van der Waals surface area contributed by atoms with Gasteiger partial charge in [0, 0.05) is 0 Å². The number of hydrogen-bond donors (Lipinski definition) is 1. The number of aryl methyl sites for hydroxylation is 1. The highest BCUT2D eigenvalue weighted by Crippen LogP contribution is 2.35. The number of nitrogens with zero attached hydrogens (tertiary/aromatic N) is 2. The van der Waals surface area contributed by atoms with Gasteiger partial charge in [-0.3, -0.25) is 9.48 Å². The predicted molar refractivity (Wildman–Crippen MR) is 86.1 cm³/mol. The van der Waals surface area contributed by atoms with Gasteiger partial charge < -0.3 is 10.1 Å². The van der Waals surface area contributed by atoms with E-state index in [1.165, 1.54) is 25.1 Å². The molecule has 1 amide bonds. The minimum Gasteiger partial charge on any atom is -0.433 e. The molecule has 0 saturated heterocycles. The van der Waals surface area contributed by atoms with E-state index in [4.69, 9.17) is 0 Å². The van der Waals surface area contributed by atoms with Crippen LogP contribution in [0.15, 0.2) is 22.7 Å². The Morgan fingerprint density at radius 1 is 1.35 bits per heavy atom. The van der Waals surface area contributed by atoms with Crippen LogP contribution in [0.2, 0.25) is 0 Å². The number of halogens is 6. The molecule has 0 aliphatic heterocycles. The van der Waals surface area contributed by atoms with Crippen molar-refractivity contribution in [2.45, 2.75) is 33.2 Å². The predicted octanol–water partition coefficient (Wildman–Crippen LogP) is 4.52. The second-order valence-electron chi connectivity index (χ2n) is 5.33. The number of aromatic nitrogens is 2. The third kappa shape index (κ3) is 4.71. The number of anilines is 1. The standard InChI is InChI=1S/C15H13BrF5N3O2/c1-7-3-4-10(26-14(17)18)9(5-7)22-11(25)6-24-8(2)12(16)13(23-24)15(19,20)21/h3-5,14H,6H2,1-2H3,(H,22,25). The van der Waals surface area contributed by atoms with Crippen LogP contribution in [0, 0.1) is 13.8 Å². The van der Waals surface area contributed by atoms with Gasteiger partial charge in [0.05, 0.1) is 15.9 Å². The Labute approximate surface area is 153 Å². The third-order valence-electron chi connectivity index (χ3n) is 3.32. The van der Waals surface area contributed by atoms with Crippen molar-refractivity contribution in [3.05, 3.63) is 39.6 Å². The van der Waals surface area contributed by atoms with Gasteiger partial charge in [-0.25, -0.2) is 0 Å². The van der Waals surface area contributed by atoms with Gasteiger partial charge in [0.2, 0.25) is 5.91 Å². The summed E-state index contributed by atoms with van der Waals surface area (Å²) in [5.74, 6) is -1.00. The van der Waals surface area contributed by atoms with Crippen LogP contribution >= 0.6 is 15.9 Å². The summed E-state index contributed by atoms with van der Waals surface area (Å²) in [5, 5.41) is 5.73. The molecule has 0 saturated carbocycles. The molecule has 5 nitrogen and oxygen atoms in total. The molecule has 11 heteroatoms. The van der Waals surface area contributed by atoms with Crippen molar-refractivity contribution in [1.29, 1.82) is 0 Å². The summed E-state index contributed by atoms with van der Waals surface area (Å²) in [4.78, 5) is 12.1. The van der Waals surface area contributed by atoms with E-state index in [2.05, 4.69) is 31.1 Å². The molecule has 0 unspecified atom stereocenters. The van der Waals surface area contributed by atoms with Crippen molar-refractivity contribution in [1.82, 2.24) is 9.78 Å². The van der Waals surface area contributed by atoms with Gasteiger partial charge in [-0.2, -0.15) is 27.1 Å². The third-order valence-corrected chi connectivity index (χ3v) is 4.27. The lowest BCUT2D eigenvalue weighted by Gasteiger charge is -2.13. The van der Waals surface area contributed by atoms with Crippen LogP contribution in [0.4, 0.5) is 27.6 Å². The summed E-state index contributed by atoms with van der Waals surface area (Å²) in [6.45, 7) is -0.598. The van der Waals surface area contributed by atoms with E-state index < -0.39 is 30.9 Å². The molecule has 1 heterocycles. The topological polar surface area (TPSA) is 56.1 Å². The Morgan fingerprint density at radius 3 is 2.54 bits per heavy atom. The second kappa shape index (κ2) is 7.60. The minimum absolute atomic E-state index is 0.0183. The molecular formula is C15H13BrF5N3O2. The number of alkyl halides is 5. The van der Waals surface area contributed by atoms with Crippen LogP contribution in [0.25, 0.3) is 0 Å². The molecule has 0 aliphatic carbocycles. The lowest BCUT2D eigenvalue weighted by atomic mass is 10.2. The van der Waals surface area contributed by atoms with Crippen LogP contribution in [-0.4, -0.2) is 22.3 Å². The molecule has 142 valence electrons. The van der Waals surface area contributed by atoms with Crippen molar-refractivity contribution < 1.29 is 31.5 Å². The Kier molecular flexibility index (Phi) is 5.89. The molecule has 26 heavy (non-hydrogen) atoms. The SMILES string of the molecule is Cc1ccc(OC(F)F)c(NC(=O)Cn2nc(C(F)(F)F)c(Br)c2C)c1. The Hall–Kier alpha value is -2.17. The fourth-order valence-electron chi connectivity index (χ4n) is 2.13.